The van der Waals surface area contributed by atoms with Gasteiger partial charge in [-0.2, -0.15) is 0 Å². The fourth-order valence-electron chi connectivity index (χ4n) is 3.05. The lowest BCUT2D eigenvalue weighted by Gasteiger charge is -2.11. The van der Waals surface area contributed by atoms with Crippen molar-refractivity contribution < 1.29 is 14.3 Å². The minimum Gasteiger partial charge on any atom is -0.399 e. The van der Waals surface area contributed by atoms with E-state index in [2.05, 4.69) is 10.6 Å². The van der Waals surface area contributed by atoms with Crippen molar-refractivity contribution in [3.05, 3.63) is 59.7 Å². The molecular weight excluding hydrogens is 342 g/mol. The van der Waals surface area contributed by atoms with Crippen molar-refractivity contribution in [2.24, 2.45) is 0 Å². The van der Waals surface area contributed by atoms with Crippen LogP contribution in [0.2, 0.25) is 0 Å². The number of hydrogen-bond acceptors (Lipinski definition) is 4. The van der Waals surface area contributed by atoms with Crippen LogP contribution in [0.5, 0.6) is 0 Å². The number of nitrogen functional groups attached to an aromatic ring is 1. The van der Waals surface area contributed by atoms with Gasteiger partial charge in [0.05, 0.1) is 6.10 Å². The monoisotopic (exact) mass is 367 g/mol. The molecular formula is C21H25N3O3. The van der Waals surface area contributed by atoms with Crippen LogP contribution in [0.25, 0.3) is 0 Å². The molecule has 0 aliphatic carbocycles. The summed E-state index contributed by atoms with van der Waals surface area (Å²) in [7, 11) is 0. The molecule has 142 valence electrons. The average molecular weight is 367 g/mol. The lowest BCUT2D eigenvalue weighted by atomic mass is 10.1. The molecule has 1 fully saturated rings. The molecule has 4 N–H and O–H groups in total. The van der Waals surface area contributed by atoms with Crippen LogP contribution >= 0.6 is 0 Å². The van der Waals surface area contributed by atoms with Gasteiger partial charge in [-0.1, -0.05) is 12.1 Å². The van der Waals surface area contributed by atoms with Crippen LogP contribution in [-0.2, 0) is 16.0 Å². The Hall–Kier alpha value is -2.86. The van der Waals surface area contributed by atoms with Crippen LogP contribution in [0.4, 0.5) is 11.4 Å². The van der Waals surface area contributed by atoms with Crippen molar-refractivity contribution in [1.29, 1.82) is 0 Å². The Balaban J connectivity index is 1.45. The van der Waals surface area contributed by atoms with Crippen LogP contribution in [-0.4, -0.2) is 31.1 Å². The Morgan fingerprint density at radius 3 is 2.67 bits per heavy atom. The van der Waals surface area contributed by atoms with Gasteiger partial charge in [-0.25, -0.2) is 0 Å². The Morgan fingerprint density at radius 1 is 1.15 bits per heavy atom. The van der Waals surface area contributed by atoms with Gasteiger partial charge in [0.1, 0.15) is 0 Å². The lowest BCUT2D eigenvalue weighted by Crippen LogP contribution is -2.31. The summed E-state index contributed by atoms with van der Waals surface area (Å²) in [6.07, 6.45) is 3.15. The largest absolute Gasteiger partial charge is 0.399 e. The second kappa shape index (κ2) is 9.19. The zero-order valence-corrected chi connectivity index (χ0v) is 15.2. The fourth-order valence-corrected chi connectivity index (χ4v) is 3.05. The highest BCUT2D eigenvalue weighted by Gasteiger charge is 2.16. The zero-order valence-electron chi connectivity index (χ0n) is 15.2. The SMILES string of the molecule is Nc1cccc(CCC(=O)Nc2ccc(C(=O)NCC3CCCO3)cc2)c1. The summed E-state index contributed by atoms with van der Waals surface area (Å²) in [6, 6.07) is 14.4. The summed E-state index contributed by atoms with van der Waals surface area (Å²) in [5.41, 5.74) is 8.70. The van der Waals surface area contributed by atoms with E-state index in [9.17, 15) is 9.59 Å². The van der Waals surface area contributed by atoms with Gasteiger partial charge < -0.3 is 21.1 Å². The number of hydrogen-bond donors (Lipinski definition) is 3. The third-order valence-electron chi connectivity index (χ3n) is 4.54. The van der Waals surface area contributed by atoms with E-state index in [1.165, 1.54) is 0 Å². The number of rotatable bonds is 7. The maximum absolute atomic E-state index is 12.2. The maximum atomic E-state index is 12.2. The number of anilines is 2. The smallest absolute Gasteiger partial charge is 0.251 e. The first kappa shape index (κ1) is 18.9. The number of nitrogens with one attached hydrogen (secondary N) is 2. The molecule has 6 nitrogen and oxygen atoms in total. The van der Waals surface area contributed by atoms with E-state index in [0.29, 0.717) is 36.3 Å². The van der Waals surface area contributed by atoms with Gasteiger partial charge in [-0.15, -0.1) is 0 Å². The summed E-state index contributed by atoms with van der Waals surface area (Å²) in [5, 5.41) is 5.73. The van der Waals surface area contributed by atoms with Crippen molar-refractivity contribution in [3.8, 4) is 0 Å². The third kappa shape index (κ3) is 5.82. The molecule has 1 unspecified atom stereocenters. The number of amides is 2. The highest BCUT2D eigenvalue weighted by molar-refractivity contribution is 5.95. The highest BCUT2D eigenvalue weighted by Crippen LogP contribution is 2.13. The molecule has 0 bridgehead atoms. The molecule has 1 heterocycles. The van der Waals surface area contributed by atoms with Crippen molar-refractivity contribution in [1.82, 2.24) is 5.32 Å². The number of carbonyl (C=O) groups is 2. The van der Waals surface area contributed by atoms with E-state index in [1.807, 2.05) is 24.3 Å². The van der Waals surface area contributed by atoms with E-state index in [1.54, 1.807) is 24.3 Å². The predicted molar refractivity (Wildman–Crippen MR) is 106 cm³/mol. The minimum atomic E-state index is -0.134. The molecule has 27 heavy (non-hydrogen) atoms. The van der Waals surface area contributed by atoms with Crippen molar-refractivity contribution in [2.75, 3.05) is 24.2 Å². The molecule has 2 amide bonds. The molecule has 1 aliphatic rings. The van der Waals surface area contributed by atoms with Crippen molar-refractivity contribution in [3.63, 3.8) is 0 Å². The molecule has 0 aromatic heterocycles. The van der Waals surface area contributed by atoms with Crippen LogP contribution < -0.4 is 16.4 Å². The number of nitrogens with two attached hydrogens (primary N) is 1. The van der Waals surface area contributed by atoms with Crippen molar-refractivity contribution in [2.45, 2.75) is 31.8 Å². The van der Waals surface area contributed by atoms with Crippen LogP contribution in [0, 0.1) is 0 Å². The number of aryl methyl sites for hydroxylation is 1. The first-order chi connectivity index (χ1) is 13.1. The Bertz CT molecular complexity index is 784. The highest BCUT2D eigenvalue weighted by atomic mass is 16.5. The van der Waals surface area contributed by atoms with E-state index < -0.39 is 0 Å². The van der Waals surface area contributed by atoms with E-state index in [4.69, 9.17) is 10.5 Å². The Labute approximate surface area is 159 Å². The molecule has 6 heteroatoms. The zero-order chi connectivity index (χ0) is 19.1. The van der Waals surface area contributed by atoms with E-state index in [0.717, 1.165) is 25.0 Å². The Morgan fingerprint density at radius 2 is 1.96 bits per heavy atom. The molecule has 3 rings (SSSR count). The summed E-state index contributed by atoms with van der Waals surface area (Å²) in [4.78, 5) is 24.3. The average Bonchev–Trinajstić information content (AvgIpc) is 3.19. The summed E-state index contributed by atoms with van der Waals surface area (Å²) < 4.78 is 5.49. The molecule has 0 radical (unpaired) electrons. The molecule has 0 saturated carbocycles. The maximum Gasteiger partial charge on any atom is 0.251 e. The standard InChI is InChI=1S/C21H25N3O3/c22-17-4-1-3-15(13-17)6-11-20(25)24-18-9-7-16(8-10-18)21(26)23-14-19-5-2-12-27-19/h1,3-4,7-10,13,19H,2,5-6,11-12,14,22H2,(H,23,26)(H,24,25). The normalized spacial score (nSPS) is 16.1. The van der Waals surface area contributed by atoms with Crippen molar-refractivity contribution >= 4 is 23.2 Å². The second-order valence-electron chi connectivity index (χ2n) is 6.72. The minimum absolute atomic E-state index is 0.0759. The first-order valence-corrected chi connectivity index (χ1v) is 9.24. The first-order valence-electron chi connectivity index (χ1n) is 9.24. The fraction of sp³-hybridized carbons (Fsp3) is 0.333. The number of carbonyl (C=O) groups excluding carboxylic acids is 2. The molecule has 1 saturated heterocycles. The van der Waals surface area contributed by atoms with Gasteiger partial charge in [0, 0.05) is 36.5 Å². The summed E-state index contributed by atoms with van der Waals surface area (Å²) in [6.45, 7) is 1.30. The second-order valence-corrected chi connectivity index (χ2v) is 6.72. The van der Waals surface area contributed by atoms with Gasteiger partial charge in [0.15, 0.2) is 0 Å². The quantitative estimate of drug-likeness (QED) is 0.656. The number of ether oxygens (including phenoxy) is 1. The van der Waals surface area contributed by atoms with Gasteiger partial charge >= 0.3 is 0 Å². The van der Waals surface area contributed by atoms with Gasteiger partial charge in [-0.05, 0) is 61.2 Å². The van der Waals surface area contributed by atoms with E-state index in [-0.39, 0.29) is 17.9 Å². The molecule has 1 aliphatic heterocycles. The number of benzene rings is 2. The van der Waals surface area contributed by atoms with Crippen LogP contribution in [0.3, 0.4) is 0 Å². The van der Waals surface area contributed by atoms with Crippen LogP contribution in [0.15, 0.2) is 48.5 Å². The van der Waals surface area contributed by atoms with Gasteiger partial charge in [-0.3, -0.25) is 9.59 Å². The summed E-state index contributed by atoms with van der Waals surface area (Å²) >= 11 is 0. The van der Waals surface area contributed by atoms with Crippen LogP contribution in [0.1, 0.15) is 35.2 Å². The lowest BCUT2D eigenvalue weighted by molar-refractivity contribution is -0.116. The van der Waals surface area contributed by atoms with E-state index >= 15 is 0 Å². The Kier molecular flexibility index (Phi) is 6.44. The predicted octanol–water partition coefficient (Wildman–Crippen LogP) is 2.75. The summed E-state index contributed by atoms with van der Waals surface area (Å²) in [5.74, 6) is -0.210. The third-order valence-corrected chi connectivity index (χ3v) is 4.54. The van der Waals surface area contributed by atoms with Gasteiger partial charge in [0.2, 0.25) is 5.91 Å². The molecule has 2 aromatic carbocycles. The topological polar surface area (TPSA) is 93.5 Å². The molecule has 1 atom stereocenters. The molecule has 0 spiro atoms. The molecule has 2 aromatic rings. The van der Waals surface area contributed by atoms with Gasteiger partial charge in [0.25, 0.3) is 5.91 Å².